The summed E-state index contributed by atoms with van der Waals surface area (Å²) < 4.78 is 40.0. The maximum absolute atomic E-state index is 12.1. The van der Waals surface area contributed by atoms with Gasteiger partial charge in [0.25, 0.3) is 0 Å². The highest BCUT2D eigenvalue weighted by atomic mass is 19.4. The van der Waals surface area contributed by atoms with Crippen molar-refractivity contribution in [3.63, 3.8) is 0 Å². The van der Waals surface area contributed by atoms with E-state index in [1.807, 2.05) is 22.8 Å². The Morgan fingerprint density at radius 3 is 2.42 bits per heavy atom. The van der Waals surface area contributed by atoms with Gasteiger partial charge in [-0.2, -0.15) is 23.1 Å². The van der Waals surface area contributed by atoms with E-state index >= 15 is 0 Å². The number of imidazole rings is 1. The van der Waals surface area contributed by atoms with E-state index in [-0.39, 0.29) is 18.1 Å². The normalized spacial score (nSPS) is 26.7. The third-order valence-corrected chi connectivity index (χ3v) is 9.59. The molecule has 0 unspecified atom stereocenters. The summed E-state index contributed by atoms with van der Waals surface area (Å²) in [5.41, 5.74) is 2.36. The summed E-state index contributed by atoms with van der Waals surface area (Å²) in [7, 11) is 4.19. The maximum Gasteiger partial charge on any atom is 0.490 e. The van der Waals surface area contributed by atoms with Crippen molar-refractivity contribution in [3.8, 4) is 0 Å². The van der Waals surface area contributed by atoms with E-state index in [4.69, 9.17) is 29.6 Å². The summed E-state index contributed by atoms with van der Waals surface area (Å²) in [6.07, 6.45) is -0.869. The number of alkyl halides is 3. The second kappa shape index (κ2) is 15.9. The number of anilines is 2. The van der Waals surface area contributed by atoms with Crippen LogP contribution in [0.1, 0.15) is 57.1 Å². The number of carboxylic acid groups (broad SMARTS) is 1. The summed E-state index contributed by atoms with van der Waals surface area (Å²) in [4.78, 5) is 40.1. The Morgan fingerprint density at radius 2 is 1.78 bits per heavy atom. The number of nitrogens with one attached hydrogen (secondary N) is 2. The first kappa shape index (κ1) is 37.2. The number of aliphatic carboxylic acids is 1. The lowest BCUT2D eigenvalue weighted by Gasteiger charge is -2.24. The average molecular weight is 707 g/mol. The maximum atomic E-state index is 12.1. The van der Waals surface area contributed by atoms with Gasteiger partial charge in [-0.15, -0.1) is 0 Å². The lowest BCUT2D eigenvalue weighted by atomic mass is 10.2. The van der Waals surface area contributed by atoms with E-state index in [0.29, 0.717) is 48.4 Å². The zero-order valence-corrected chi connectivity index (χ0v) is 28.3. The second-order valence-electron chi connectivity index (χ2n) is 13.2. The number of carbonyl (C=O) groups is 2. The first-order chi connectivity index (χ1) is 23.8. The minimum atomic E-state index is -5.08. The fraction of sp³-hybridized carbons (Fsp3) is 0.606. The van der Waals surface area contributed by atoms with Crippen LogP contribution < -0.4 is 15.5 Å². The van der Waals surface area contributed by atoms with E-state index in [1.54, 1.807) is 13.3 Å². The quantitative estimate of drug-likeness (QED) is 0.209. The van der Waals surface area contributed by atoms with Crippen LogP contribution >= 0.6 is 0 Å². The van der Waals surface area contributed by atoms with Crippen molar-refractivity contribution in [3.05, 3.63) is 42.2 Å². The van der Waals surface area contributed by atoms with Crippen LogP contribution in [-0.2, 0) is 20.9 Å². The summed E-state index contributed by atoms with van der Waals surface area (Å²) in [6, 6.07) is 9.64. The van der Waals surface area contributed by atoms with Crippen LogP contribution in [0.5, 0.6) is 0 Å². The molecule has 1 aromatic carbocycles. The number of carboxylic acids is 1. The van der Waals surface area contributed by atoms with Crippen LogP contribution in [0.15, 0.2) is 36.7 Å². The second-order valence-corrected chi connectivity index (χ2v) is 13.2. The van der Waals surface area contributed by atoms with Crippen LogP contribution in [-0.4, -0.2) is 121 Å². The zero-order valence-electron chi connectivity index (χ0n) is 28.3. The molecular formula is C33H45F3N8O6. The number of nitrogens with zero attached hydrogens (tertiary/aromatic N) is 6. The Hall–Kier alpha value is -4.06. The molecule has 3 aliphatic rings. The van der Waals surface area contributed by atoms with Crippen molar-refractivity contribution >= 4 is 34.8 Å². The highest BCUT2D eigenvalue weighted by molar-refractivity contribution is 5.85. The number of aromatic nitrogens is 4. The molecule has 1 saturated heterocycles. The van der Waals surface area contributed by atoms with E-state index in [1.165, 1.54) is 0 Å². The molecule has 7 atom stereocenters. The number of aliphatic hydroxyl groups excluding tert-OH is 2. The molecule has 17 heteroatoms. The molecule has 2 saturated carbocycles. The Bertz CT molecular complexity index is 1610. The van der Waals surface area contributed by atoms with Gasteiger partial charge in [0.1, 0.15) is 12.2 Å². The van der Waals surface area contributed by atoms with Gasteiger partial charge >= 0.3 is 12.1 Å². The monoisotopic (exact) mass is 706 g/mol. The van der Waals surface area contributed by atoms with Crippen LogP contribution in [0.2, 0.25) is 0 Å². The molecule has 14 nitrogen and oxygen atoms in total. The fourth-order valence-corrected chi connectivity index (χ4v) is 6.71. The van der Waals surface area contributed by atoms with Gasteiger partial charge in [0.05, 0.1) is 37.2 Å². The van der Waals surface area contributed by atoms with Crippen LogP contribution in [0.25, 0.3) is 11.2 Å². The van der Waals surface area contributed by atoms with Gasteiger partial charge in [-0.25, -0.2) is 9.78 Å². The van der Waals surface area contributed by atoms with Crippen molar-refractivity contribution in [1.82, 2.24) is 29.7 Å². The summed E-state index contributed by atoms with van der Waals surface area (Å²) in [5, 5.41) is 35.5. The molecule has 2 aliphatic carbocycles. The topological polar surface area (TPSA) is 178 Å². The molecule has 274 valence electrons. The third-order valence-electron chi connectivity index (χ3n) is 9.59. The summed E-state index contributed by atoms with van der Waals surface area (Å²) in [6.45, 7) is 3.97. The van der Waals surface area contributed by atoms with Gasteiger partial charge in [0, 0.05) is 25.6 Å². The number of aliphatic hydroxyl groups is 2. The van der Waals surface area contributed by atoms with Gasteiger partial charge in [-0.1, -0.05) is 37.3 Å². The first-order valence-corrected chi connectivity index (χ1v) is 16.8. The number of benzene rings is 1. The number of fused-ring (bicyclic) bond motifs is 1. The van der Waals surface area contributed by atoms with E-state index in [0.717, 1.165) is 44.3 Å². The predicted octanol–water partition coefficient (Wildman–Crippen LogP) is 2.71. The Kier molecular flexibility index (Phi) is 11.8. The molecule has 3 fully saturated rings. The van der Waals surface area contributed by atoms with Crippen LogP contribution in [0.3, 0.4) is 0 Å². The zero-order chi connectivity index (χ0) is 36.2. The number of hydrogen-bond donors (Lipinski definition) is 5. The minimum Gasteiger partial charge on any atom is -0.475 e. The largest absolute Gasteiger partial charge is 0.490 e. The summed E-state index contributed by atoms with van der Waals surface area (Å²) >= 11 is 0. The lowest BCUT2D eigenvalue weighted by molar-refractivity contribution is -0.192. The van der Waals surface area contributed by atoms with Crippen molar-refractivity contribution in [2.24, 2.45) is 0 Å². The van der Waals surface area contributed by atoms with Gasteiger partial charge in [-0.3, -0.25) is 4.79 Å². The SMILES string of the molecule is CCC(=O)N[C@H]1C[C@@H](n2cnc3c(N[C@H]4CCC[C@@H]4OCc4ccccc4)nc(N4CC[C@@H](N(C)C)C4)nc32)[C@H](O)[C@@H]1O.O=C(O)C(F)(F)F. The summed E-state index contributed by atoms with van der Waals surface area (Å²) in [5.74, 6) is -1.65. The molecule has 3 heterocycles. The van der Waals surface area contributed by atoms with Crippen LogP contribution in [0, 0.1) is 0 Å². The van der Waals surface area contributed by atoms with Crippen LogP contribution in [0.4, 0.5) is 24.9 Å². The third kappa shape index (κ3) is 8.62. The van der Waals surface area contributed by atoms with Gasteiger partial charge in [0.2, 0.25) is 11.9 Å². The number of ether oxygens (including phenoxy) is 1. The Morgan fingerprint density at radius 1 is 1.06 bits per heavy atom. The Balaban J connectivity index is 0.000000630. The van der Waals surface area contributed by atoms with E-state index in [2.05, 4.69) is 46.7 Å². The average Bonchev–Trinajstić information content (AvgIpc) is 3.89. The fourth-order valence-electron chi connectivity index (χ4n) is 6.71. The lowest BCUT2D eigenvalue weighted by Crippen LogP contribution is -2.42. The van der Waals surface area contributed by atoms with Gasteiger partial charge in [0.15, 0.2) is 17.0 Å². The molecule has 2 aromatic heterocycles. The molecule has 0 radical (unpaired) electrons. The molecule has 50 heavy (non-hydrogen) atoms. The Labute approximate surface area is 287 Å². The molecule has 5 N–H and O–H groups in total. The highest BCUT2D eigenvalue weighted by Gasteiger charge is 2.44. The number of hydrogen-bond acceptors (Lipinski definition) is 11. The molecule has 6 rings (SSSR count). The molecule has 1 amide bonds. The minimum absolute atomic E-state index is 0.0374. The molecule has 0 spiro atoms. The van der Waals surface area contributed by atoms with E-state index in [9.17, 15) is 28.2 Å². The number of rotatable bonds is 10. The number of amides is 1. The first-order valence-electron chi connectivity index (χ1n) is 16.8. The molecule has 1 aliphatic heterocycles. The number of likely N-dealkylation sites (N-methyl/N-ethyl adjacent to an activating group) is 1. The predicted molar refractivity (Wildman–Crippen MR) is 177 cm³/mol. The van der Waals surface area contributed by atoms with E-state index < -0.39 is 36.4 Å². The van der Waals surface area contributed by atoms with Crippen molar-refractivity contribution in [2.75, 3.05) is 37.4 Å². The highest BCUT2D eigenvalue weighted by Crippen LogP contribution is 2.36. The molecular weight excluding hydrogens is 661 g/mol. The van der Waals surface area contributed by atoms with Gasteiger partial charge in [-0.05, 0) is 51.8 Å². The van der Waals surface area contributed by atoms with Crippen molar-refractivity contribution in [2.45, 2.75) is 101 Å². The molecule has 3 aromatic rings. The number of halogens is 3. The smallest absolute Gasteiger partial charge is 0.475 e. The standard InChI is InChI=1S/C31H44N8O4.C2HF3O2/c1-4-25(40)33-22-15-23(28(42)27(22)41)39-18-32-26-29(35-31(36-30(26)39)38-14-13-20(16-38)37(2)3)34-21-11-8-12-24(21)43-17-19-9-6-5-7-10-19;3-2(4,5)1(6)7/h5-7,9-10,18,20-24,27-28,41-42H,4,8,11-17H2,1-3H3,(H,33,40)(H,34,35,36);(H,6,7)/t20-,21+,22+,23-,24+,27-,28+;/m1./s1. The van der Waals surface area contributed by atoms with Crippen molar-refractivity contribution in [1.29, 1.82) is 0 Å². The number of carbonyl (C=O) groups excluding carboxylic acids is 1. The molecule has 0 bridgehead atoms. The van der Waals surface area contributed by atoms with Crippen molar-refractivity contribution < 1.29 is 42.8 Å². The van der Waals surface area contributed by atoms with Gasteiger partial charge < -0.3 is 45.1 Å².